The van der Waals surface area contributed by atoms with Crippen LogP contribution in [0.4, 0.5) is 19.0 Å². The maximum atomic E-state index is 13.4. The summed E-state index contributed by atoms with van der Waals surface area (Å²) in [5.74, 6) is 0.313. The zero-order chi connectivity index (χ0) is 22.5. The van der Waals surface area contributed by atoms with E-state index < -0.39 is 11.9 Å². The summed E-state index contributed by atoms with van der Waals surface area (Å²) in [6.07, 6.45) is 3.52. The second kappa shape index (κ2) is 7.53. The van der Waals surface area contributed by atoms with Gasteiger partial charge in [-0.1, -0.05) is 0 Å². The Morgan fingerprint density at radius 3 is 2.53 bits per heavy atom. The number of halogens is 3. The zero-order valence-electron chi connectivity index (χ0n) is 17.0. The van der Waals surface area contributed by atoms with Crippen LogP contribution in [0.1, 0.15) is 34.6 Å². The average Bonchev–Trinajstić information content (AvgIpc) is 3.50. The van der Waals surface area contributed by atoms with Crippen molar-refractivity contribution in [3.63, 3.8) is 0 Å². The average molecular weight is 444 g/mol. The summed E-state index contributed by atoms with van der Waals surface area (Å²) in [4.78, 5) is 28.2. The van der Waals surface area contributed by atoms with Gasteiger partial charge in [0.1, 0.15) is 11.5 Å². The quantitative estimate of drug-likeness (QED) is 0.660. The Balaban J connectivity index is 1.36. The van der Waals surface area contributed by atoms with Gasteiger partial charge >= 0.3 is 6.18 Å². The first kappa shape index (κ1) is 20.3. The van der Waals surface area contributed by atoms with Crippen LogP contribution in [0.5, 0.6) is 0 Å². The molecule has 0 unspecified atom stereocenters. The van der Waals surface area contributed by atoms with Crippen LogP contribution in [-0.2, 0) is 6.18 Å². The summed E-state index contributed by atoms with van der Waals surface area (Å²) >= 11 is 0. The molecule has 12 heteroatoms. The van der Waals surface area contributed by atoms with Gasteiger partial charge in [-0.05, 0) is 37.3 Å². The molecule has 5 rings (SSSR count). The van der Waals surface area contributed by atoms with Crippen LogP contribution in [0.25, 0.3) is 5.69 Å². The summed E-state index contributed by atoms with van der Waals surface area (Å²) in [5, 5.41) is 11.4. The number of rotatable bonds is 4. The van der Waals surface area contributed by atoms with Crippen molar-refractivity contribution in [3.8, 4) is 5.69 Å². The van der Waals surface area contributed by atoms with Crippen LogP contribution in [0.2, 0.25) is 0 Å². The van der Waals surface area contributed by atoms with Gasteiger partial charge in [-0.3, -0.25) is 4.79 Å². The number of aromatic nitrogens is 6. The standard InChI is InChI=1S/C20H19F3N8O/c1-11-4-15(31-27-2-3-28-31)18(26-7-11)19(32)30-10-12-5-13(14(30)6-12)29-17-9-24-16(8-25-17)20(21,22)23/h2-4,7-9,12-14H,5-6,10H2,1H3,(H,25,29)/t12-,13+,14-/m0/s1. The highest BCUT2D eigenvalue weighted by Crippen LogP contribution is 2.40. The van der Waals surface area contributed by atoms with Crippen molar-refractivity contribution < 1.29 is 18.0 Å². The first-order valence-corrected chi connectivity index (χ1v) is 10.1. The Labute approximate surface area is 180 Å². The third-order valence-corrected chi connectivity index (χ3v) is 5.86. The molecule has 3 atom stereocenters. The number of carbonyl (C=O) groups is 1. The van der Waals surface area contributed by atoms with E-state index in [1.807, 2.05) is 13.0 Å². The van der Waals surface area contributed by atoms with E-state index in [-0.39, 0.29) is 29.5 Å². The number of anilines is 1. The van der Waals surface area contributed by atoms with Gasteiger partial charge in [0.05, 0.1) is 30.8 Å². The van der Waals surface area contributed by atoms with E-state index in [1.54, 1.807) is 11.1 Å². The maximum Gasteiger partial charge on any atom is 0.434 e. The van der Waals surface area contributed by atoms with Crippen molar-refractivity contribution >= 4 is 11.7 Å². The largest absolute Gasteiger partial charge is 0.434 e. The molecule has 1 aliphatic heterocycles. The fourth-order valence-corrected chi connectivity index (χ4v) is 4.50. The lowest BCUT2D eigenvalue weighted by Gasteiger charge is -2.34. The molecule has 4 heterocycles. The number of carbonyl (C=O) groups excluding carboxylic acids is 1. The topological polar surface area (TPSA) is 102 Å². The third-order valence-electron chi connectivity index (χ3n) is 5.86. The summed E-state index contributed by atoms with van der Waals surface area (Å²) in [7, 11) is 0. The minimum absolute atomic E-state index is 0.127. The van der Waals surface area contributed by atoms with E-state index in [1.165, 1.54) is 17.2 Å². The van der Waals surface area contributed by atoms with E-state index in [4.69, 9.17) is 0 Å². The van der Waals surface area contributed by atoms with Crippen LogP contribution in [-0.4, -0.2) is 59.4 Å². The van der Waals surface area contributed by atoms with Crippen LogP contribution < -0.4 is 5.32 Å². The van der Waals surface area contributed by atoms with Crippen LogP contribution in [0.3, 0.4) is 0 Å². The molecule has 2 aliphatic rings. The number of aryl methyl sites for hydroxylation is 1. The number of alkyl halides is 3. The van der Waals surface area contributed by atoms with Gasteiger partial charge in [-0.15, -0.1) is 4.80 Å². The van der Waals surface area contributed by atoms with E-state index in [0.717, 1.165) is 24.6 Å². The van der Waals surface area contributed by atoms with Gasteiger partial charge in [-0.2, -0.15) is 23.4 Å². The smallest absolute Gasteiger partial charge is 0.364 e. The normalized spacial score (nSPS) is 22.4. The molecule has 1 saturated carbocycles. The Hall–Kier alpha value is -3.57. The molecule has 166 valence electrons. The molecule has 9 nitrogen and oxygen atoms in total. The minimum Gasteiger partial charge on any atom is -0.364 e. The molecule has 2 fully saturated rings. The maximum absolute atomic E-state index is 13.4. The van der Waals surface area contributed by atoms with Crippen molar-refractivity contribution in [1.82, 2.24) is 34.8 Å². The lowest BCUT2D eigenvalue weighted by Crippen LogP contribution is -2.48. The molecule has 0 radical (unpaired) electrons. The number of fused-ring (bicyclic) bond motifs is 2. The SMILES string of the molecule is Cc1cnc(C(=O)N2C[C@H]3C[C@@H](Nc4cnc(C(F)(F)F)cn4)[C@@H]2C3)c(-n2nccn2)c1. The fraction of sp³-hybridized carbons (Fsp3) is 0.400. The van der Waals surface area contributed by atoms with Crippen molar-refractivity contribution in [2.24, 2.45) is 5.92 Å². The number of nitrogens with zero attached hydrogens (tertiary/aromatic N) is 7. The lowest BCUT2D eigenvalue weighted by atomic mass is 10.0. The summed E-state index contributed by atoms with van der Waals surface area (Å²) < 4.78 is 38.2. The van der Waals surface area contributed by atoms with Gasteiger partial charge in [0.2, 0.25) is 0 Å². The van der Waals surface area contributed by atoms with Gasteiger partial charge in [0.15, 0.2) is 11.4 Å². The van der Waals surface area contributed by atoms with Crippen molar-refractivity contribution in [3.05, 3.63) is 54.0 Å². The number of piperidine rings is 1. The van der Waals surface area contributed by atoms with Crippen molar-refractivity contribution in [2.45, 2.75) is 38.0 Å². The minimum atomic E-state index is -4.54. The highest BCUT2D eigenvalue weighted by Gasteiger charge is 2.48. The highest BCUT2D eigenvalue weighted by atomic mass is 19.4. The van der Waals surface area contributed by atoms with E-state index in [0.29, 0.717) is 24.3 Å². The Morgan fingerprint density at radius 2 is 1.88 bits per heavy atom. The number of likely N-dealkylation sites (tertiary alicyclic amines) is 1. The molecular weight excluding hydrogens is 425 g/mol. The lowest BCUT2D eigenvalue weighted by molar-refractivity contribution is -0.141. The number of hydrogen-bond acceptors (Lipinski definition) is 7. The van der Waals surface area contributed by atoms with E-state index in [9.17, 15) is 18.0 Å². The highest BCUT2D eigenvalue weighted by molar-refractivity contribution is 5.96. The summed E-state index contributed by atoms with van der Waals surface area (Å²) in [6.45, 7) is 2.47. The number of hydrogen-bond donors (Lipinski definition) is 1. The first-order chi connectivity index (χ1) is 15.3. The second-order valence-electron chi connectivity index (χ2n) is 8.10. The van der Waals surface area contributed by atoms with Gasteiger partial charge in [-0.25, -0.2) is 15.0 Å². The third kappa shape index (κ3) is 3.65. The second-order valence-corrected chi connectivity index (χ2v) is 8.10. The Kier molecular flexibility index (Phi) is 4.79. The molecule has 1 N–H and O–H groups in total. The summed E-state index contributed by atoms with van der Waals surface area (Å²) in [6, 6.07) is 1.54. The van der Waals surface area contributed by atoms with Crippen LogP contribution in [0, 0.1) is 12.8 Å². The molecule has 0 spiro atoms. The molecule has 1 amide bonds. The zero-order valence-corrected chi connectivity index (χ0v) is 17.0. The predicted molar refractivity (Wildman–Crippen MR) is 106 cm³/mol. The predicted octanol–water partition coefficient (Wildman–Crippen LogP) is 2.49. The van der Waals surface area contributed by atoms with Gasteiger partial charge in [0, 0.05) is 18.8 Å². The van der Waals surface area contributed by atoms with Gasteiger partial charge in [0.25, 0.3) is 5.91 Å². The molecule has 1 saturated heterocycles. The Bertz CT molecular complexity index is 1130. The number of nitrogens with one attached hydrogen (secondary N) is 1. The summed E-state index contributed by atoms with van der Waals surface area (Å²) in [5.41, 5.74) is 0.587. The van der Waals surface area contributed by atoms with Crippen molar-refractivity contribution in [2.75, 3.05) is 11.9 Å². The van der Waals surface area contributed by atoms with Crippen molar-refractivity contribution in [1.29, 1.82) is 0 Å². The van der Waals surface area contributed by atoms with E-state index >= 15 is 0 Å². The molecule has 3 aromatic heterocycles. The fourth-order valence-electron chi connectivity index (χ4n) is 4.50. The monoisotopic (exact) mass is 444 g/mol. The van der Waals surface area contributed by atoms with Crippen LogP contribution in [0.15, 0.2) is 37.1 Å². The van der Waals surface area contributed by atoms with E-state index in [2.05, 4.69) is 30.5 Å². The van der Waals surface area contributed by atoms with Gasteiger partial charge < -0.3 is 10.2 Å². The molecule has 0 aromatic carbocycles. The van der Waals surface area contributed by atoms with Crippen LogP contribution >= 0.6 is 0 Å². The molecular formula is C20H19F3N8O. The molecule has 32 heavy (non-hydrogen) atoms. The Morgan fingerprint density at radius 1 is 1.09 bits per heavy atom. The molecule has 1 aliphatic carbocycles. The molecule has 2 bridgehead atoms. The molecule has 3 aromatic rings. The number of amides is 1. The number of pyridine rings is 1. The first-order valence-electron chi connectivity index (χ1n) is 10.1.